The molecule has 1 N–H and O–H groups in total. The number of nitrogens with one attached hydrogen (secondary N) is 1. The van der Waals surface area contributed by atoms with Gasteiger partial charge in [0.25, 0.3) is 0 Å². The van der Waals surface area contributed by atoms with Crippen LogP contribution in [-0.4, -0.2) is 23.6 Å². The maximum Gasteiger partial charge on any atom is 0.451 e. The summed E-state index contributed by atoms with van der Waals surface area (Å²) >= 11 is 1.54. The van der Waals surface area contributed by atoms with Crippen molar-refractivity contribution in [3.05, 3.63) is 34.3 Å². The number of halogens is 3. The van der Waals surface area contributed by atoms with Gasteiger partial charge in [0.15, 0.2) is 0 Å². The van der Waals surface area contributed by atoms with Crippen LogP contribution in [0.1, 0.15) is 18.3 Å². The van der Waals surface area contributed by atoms with Gasteiger partial charge in [-0.1, -0.05) is 0 Å². The standard InChI is InChI=1S/C13H15F3N4S/c1-3-17-10-6-11(19-12(18-10)13(14,15)16)20(2)7-9-4-5-21-8-9/h4-6,8H,3,7H2,1-2H3,(H,17,18,19). The number of nitrogens with zero attached hydrogens (tertiary/aromatic N) is 3. The number of hydrogen-bond acceptors (Lipinski definition) is 5. The zero-order valence-electron chi connectivity index (χ0n) is 11.6. The Morgan fingerprint density at radius 1 is 1.33 bits per heavy atom. The zero-order valence-corrected chi connectivity index (χ0v) is 12.4. The van der Waals surface area contributed by atoms with Gasteiger partial charge >= 0.3 is 6.18 Å². The highest BCUT2D eigenvalue weighted by atomic mass is 32.1. The molecule has 0 bridgehead atoms. The van der Waals surface area contributed by atoms with Crippen molar-refractivity contribution in [1.82, 2.24) is 9.97 Å². The minimum Gasteiger partial charge on any atom is -0.370 e. The van der Waals surface area contributed by atoms with Crippen LogP contribution in [0.5, 0.6) is 0 Å². The van der Waals surface area contributed by atoms with Crippen LogP contribution in [0.25, 0.3) is 0 Å². The largest absolute Gasteiger partial charge is 0.451 e. The summed E-state index contributed by atoms with van der Waals surface area (Å²) in [6.45, 7) is 2.77. The van der Waals surface area contributed by atoms with E-state index in [1.807, 2.05) is 16.8 Å². The van der Waals surface area contributed by atoms with E-state index in [9.17, 15) is 13.2 Å². The van der Waals surface area contributed by atoms with Crippen molar-refractivity contribution in [3.63, 3.8) is 0 Å². The van der Waals surface area contributed by atoms with E-state index in [4.69, 9.17) is 0 Å². The highest BCUT2D eigenvalue weighted by Crippen LogP contribution is 2.29. The van der Waals surface area contributed by atoms with Gasteiger partial charge in [-0.2, -0.15) is 24.5 Å². The second-order valence-electron chi connectivity index (χ2n) is 4.45. The minimum absolute atomic E-state index is 0.173. The predicted molar refractivity (Wildman–Crippen MR) is 77.6 cm³/mol. The molecule has 2 aromatic rings. The van der Waals surface area contributed by atoms with Crippen LogP contribution in [0.15, 0.2) is 22.9 Å². The SMILES string of the molecule is CCNc1cc(N(C)Cc2ccsc2)nc(C(F)(F)F)n1. The molecule has 2 heterocycles. The summed E-state index contributed by atoms with van der Waals surface area (Å²) in [6, 6.07) is 3.45. The maximum atomic E-state index is 12.9. The fourth-order valence-corrected chi connectivity index (χ4v) is 2.43. The first kappa shape index (κ1) is 15.6. The molecule has 0 aliphatic heterocycles. The minimum atomic E-state index is -4.57. The fraction of sp³-hybridized carbons (Fsp3) is 0.385. The molecule has 2 rings (SSSR count). The van der Waals surface area contributed by atoms with Gasteiger partial charge < -0.3 is 10.2 Å². The third-order valence-corrected chi connectivity index (χ3v) is 3.45. The molecule has 0 fully saturated rings. The Hall–Kier alpha value is -1.83. The van der Waals surface area contributed by atoms with Gasteiger partial charge in [-0.25, -0.2) is 9.97 Å². The molecular formula is C13H15F3N4S. The molecule has 8 heteroatoms. The second-order valence-corrected chi connectivity index (χ2v) is 5.23. The zero-order chi connectivity index (χ0) is 15.5. The van der Waals surface area contributed by atoms with Gasteiger partial charge in [-0.15, -0.1) is 0 Å². The number of anilines is 2. The summed E-state index contributed by atoms with van der Waals surface area (Å²) < 4.78 is 38.6. The van der Waals surface area contributed by atoms with Crippen LogP contribution in [0.2, 0.25) is 0 Å². The first-order chi connectivity index (χ1) is 9.90. The lowest BCUT2D eigenvalue weighted by molar-refractivity contribution is -0.144. The summed E-state index contributed by atoms with van der Waals surface area (Å²) in [5.74, 6) is -0.723. The molecule has 0 radical (unpaired) electrons. The Morgan fingerprint density at radius 3 is 2.67 bits per heavy atom. The van der Waals surface area contributed by atoms with Crippen molar-refractivity contribution in [2.24, 2.45) is 0 Å². The van der Waals surface area contributed by atoms with E-state index in [-0.39, 0.29) is 11.6 Å². The van der Waals surface area contributed by atoms with Crippen molar-refractivity contribution in [2.75, 3.05) is 23.8 Å². The number of thiophene rings is 1. The Morgan fingerprint density at radius 2 is 2.10 bits per heavy atom. The van der Waals surface area contributed by atoms with Crippen LogP contribution in [0, 0.1) is 0 Å². The topological polar surface area (TPSA) is 41.0 Å². The van der Waals surface area contributed by atoms with Crippen molar-refractivity contribution in [3.8, 4) is 0 Å². The number of alkyl halides is 3. The molecule has 0 saturated heterocycles. The molecular weight excluding hydrogens is 301 g/mol. The normalized spacial score (nSPS) is 11.5. The summed E-state index contributed by atoms with van der Waals surface area (Å²) in [5, 5.41) is 6.68. The van der Waals surface area contributed by atoms with E-state index in [0.717, 1.165) is 5.56 Å². The Balaban J connectivity index is 2.30. The van der Waals surface area contributed by atoms with Crippen LogP contribution < -0.4 is 10.2 Å². The molecule has 4 nitrogen and oxygen atoms in total. The monoisotopic (exact) mass is 316 g/mol. The highest BCUT2D eigenvalue weighted by Gasteiger charge is 2.35. The van der Waals surface area contributed by atoms with E-state index < -0.39 is 12.0 Å². The maximum absolute atomic E-state index is 12.9. The molecule has 0 aromatic carbocycles. The third-order valence-electron chi connectivity index (χ3n) is 2.72. The van der Waals surface area contributed by atoms with E-state index in [0.29, 0.717) is 13.1 Å². The lowest BCUT2D eigenvalue weighted by Gasteiger charge is -2.19. The van der Waals surface area contributed by atoms with E-state index in [1.165, 1.54) is 6.07 Å². The lowest BCUT2D eigenvalue weighted by Crippen LogP contribution is -2.21. The molecule has 0 spiro atoms. The average molecular weight is 316 g/mol. The quantitative estimate of drug-likeness (QED) is 0.914. The third kappa shape index (κ3) is 4.07. The van der Waals surface area contributed by atoms with Gasteiger partial charge in [-0.3, -0.25) is 0 Å². The molecule has 0 unspecified atom stereocenters. The van der Waals surface area contributed by atoms with E-state index >= 15 is 0 Å². The first-order valence-corrected chi connectivity index (χ1v) is 7.26. The lowest BCUT2D eigenvalue weighted by atomic mass is 10.3. The first-order valence-electron chi connectivity index (χ1n) is 6.32. The van der Waals surface area contributed by atoms with Crippen LogP contribution in [-0.2, 0) is 12.7 Å². The highest BCUT2D eigenvalue weighted by molar-refractivity contribution is 7.07. The van der Waals surface area contributed by atoms with Gasteiger partial charge in [0.05, 0.1) is 0 Å². The van der Waals surface area contributed by atoms with Crippen LogP contribution >= 0.6 is 11.3 Å². The molecule has 0 aliphatic carbocycles. The van der Waals surface area contributed by atoms with Gasteiger partial charge in [0, 0.05) is 26.2 Å². The van der Waals surface area contributed by atoms with E-state index in [1.54, 1.807) is 30.2 Å². The fourth-order valence-electron chi connectivity index (χ4n) is 1.77. The molecule has 114 valence electrons. The van der Waals surface area contributed by atoms with Crippen molar-refractivity contribution in [2.45, 2.75) is 19.6 Å². The summed E-state index contributed by atoms with van der Waals surface area (Å²) in [7, 11) is 1.70. The van der Waals surface area contributed by atoms with Gasteiger partial charge in [0.2, 0.25) is 5.82 Å². The Kier molecular flexibility index (Phi) is 4.66. The number of aromatic nitrogens is 2. The predicted octanol–water partition coefficient (Wildman–Crippen LogP) is 3.63. The average Bonchev–Trinajstić information content (AvgIpc) is 2.90. The molecule has 21 heavy (non-hydrogen) atoms. The van der Waals surface area contributed by atoms with E-state index in [2.05, 4.69) is 15.3 Å². The number of rotatable bonds is 5. The summed E-state index contributed by atoms with van der Waals surface area (Å²) in [4.78, 5) is 8.79. The molecule has 2 aromatic heterocycles. The number of hydrogen-bond donors (Lipinski definition) is 1. The molecule has 0 saturated carbocycles. The van der Waals surface area contributed by atoms with Gasteiger partial charge in [0.1, 0.15) is 11.6 Å². The molecule has 0 aliphatic rings. The van der Waals surface area contributed by atoms with Crippen molar-refractivity contribution >= 4 is 23.0 Å². The second kappa shape index (κ2) is 6.30. The summed E-state index contributed by atoms with van der Waals surface area (Å²) in [5.41, 5.74) is 1.03. The van der Waals surface area contributed by atoms with Gasteiger partial charge in [-0.05, 0) is 29.3 Å². The van der Waals surface area contributed by atoms with Crippen LogP contribution in [0.4, 0.5) is 24.8 Å². The summed E-state index contributed by atoms with van der Waals surface area (Å²) in [6.07, 6.45) is -4.57. The van der Waals surface area contributed by atoms with Crippen molar-refractivity contribution in [1.29, 1.82) is 0 Å². The smallest absolute Gasteiger partial charge is 0.370 e. The molecule has 0 amide bonds. The van der Waals surface area contributed by atoms with Crippen molar-refractivity contribution < 1.29 is 13.2 Å². The Labute approximate surface area is 124 Å². The van der Waals surface area contributed by atoms with Crippen LogP contribution in [0.3, 0.4) is 0 Å². The molecule has 0 atom stereocenters. The Bertz CT molecular complexity index is 584.